The molecule has 0 aliphatic carbocycles. The zero-order chi connectivity index (χ0) is 15.7. The molecule has 0 saturated carbocycles. The number of ether oxygens (including phenoxy) is 2. The average Bonchev–Trinajstić information content (AvgIpc) is 2.42. The molecule has 0 radical (unpaired) electrons. The molecule has 0 aromatic heterocycles. The molecule has 120 valence electrons. The Hall–Kier alpha value is -1.47. The maximum atomic E-state index is 12.8. The summed E-state index contributed by atoms with van der Waals surface area (Å²) in [7, 11) is 1.60. The molecule has 1 aromatic rings. The average molecular weight is 306 g/mol. The normalized spacial score (nSPS) is 11.6. The topological polar surface area (TPSA) is 56.5 Å². The first-order chi connectivity index (χ1) is 9.95. The number of benzene rings is 1. The van der Waals surface area contributed by atoms with Crippen molar-refractivity contribution in [3.05, 3.63) is 23.8 Å². The van der Waals surface area contributed by atoms with E-state index in [9.17, 15) is 13.2 Å². The van der Waals surface area contributed by atoms with Crippen LogP contribution in [0.15, 0.2) is 18.2 Å². The Balaban J connectivity index is 2.35. The Labute approximate surface area is 122 Å². The van der Waals surface area contributed by atoms with Gasteiger partial charge in [0.15, 0.2) is 0 Å². The molecule has 0 unspecified atom stereocenters. The highest BCUT2D eigenvalue weighted by Gasteiger charge is 2.33. The zero-order valence-electron chi connectivity index (χ0n) is 12.0. The minimum absolute atomic E-state index is 0.0528. The number of alkyl halides is 3. The summed E-state index contributed by atoms with van der Waals surface area (Å²) in [6.45, 7) is 2.08. The van der Waals surface area contributed by atoms with Crippen molar-refractivity contribution in [3.63, 3.8) is 0 Å². The van der Waals surface area contributed by atoms with E-state index in [4.69, 9.17) is 15.2 Å². The Morgan fingerprint density at radius 2 is 1.90 bits per heavy atom. The maximum absolute atomic E-state index is 12.8. The van der Waals surface area contributed by atoms with Gasteiger partial charge in [-0.2, -0.15) is 13.2 Å². The Morgan fingerprint density at radius 3 is 2.57 bits per heavy atom. The van der Waals surface area contributed by atoms with Gasteiger partial charge in [-0.1, -0.05) is 0 Å². The summed E-state index contributed by atoms with van der Waals surface area (Å²) in [5.41, 5.74) is 4.82. The molecule has 0 saturated heterocycles. The fraction of sp³-hybridized carbons (Fsp3) is 0.571. The summed E-state index contributed by atoms with van der Waals surface area (Å²) in [4.78, 5) is 0. The van der Waals surface area contributed by atoms with Crippen LogP contribution in [0.25, 0.3) is 0 Å². The van der Waals surface area contributed by atoms with Gasteiger partial charge < -0.3 is 20.5 Å². The first kappa shape index (κ1) is 17.6. The van der Waals surface area contributed by atoms with Crippen molar-refractivity contribution >= 4 is 11.4 Å². The van der Waals surface area contributed by atoms with Crippen molar-refractivity contribution in [1.29, 1.82) is 0 Å². The lowest BCUT2D eigenvalue weighted by atomic mass is 10.1. The summed E-state index contributed by atoms with van der Waals surface area (Å²) >= 11 is 0. The van der Waals surface area contributed by atoms with Gasteiger partial charge in [0, 0.05) is 31.6 Å². The second kappa shape index (κ2) is 8.74. The fourth-order valence-corrected chi connectivity index (χ4v) is 1.75. The van der Waals surface area contributed by atoms with Gasteiger partial charge >= 0.3 is 6.18 Å². The maximum Gasteiger partial charge on any atom is 0.418 e. The van der Waals surface area contributed by atoms with Crippen molar-refractivity contribution in [3.8, 4) is 0 Å². The third-order valence-corrected chi connectivity index (χ3v) is 2.81. The number of anilines is 2. The molecule has 1 aromatic carbocycles. The van der Waals surface area contributed by atoms with E-state index in [-0.39, 0.29) is 11.4 Å². The van der Waals surface area contributed by atoms with Crippen LogP contribution in [0.2, 0.25) is 0 Å². The Bertz CT molecular complexity index is 425. The van der Waals surface area contributed by atoms with Gasteiger partial charge in [-0.15, -0.1) is 0 Å². The largest absolute Gasteiger partial charge is 0.418 e. The van der Waals surface area contributed by atoms with E-state index in [1.54, 1.807) is 7.11 Å². The van der Waals surface area contributed by atoms with Crippen LogP contribution in [-0.4, -0.2) is 33.5 Å². The molecule has 1 rings (SSSR count). The van der Waals surface area contributed by atoms with Crippen molar-refractivity contribution in [1.82, 2.24) is 0 Å². The van der Waals surface area contributed by atoms with Crippen molar-refractivity contribution < 1.29 is 22.6 Å². The van der Waals surface area contributed by atoms with Gasteiger partial charge in [-0.3, -0.25) is 0 Å². The van der Waals surface area contributed by atoms with Crippen molar-refractivity contribution in [2.24, 2.45) is 0 Å². The molecule has 4 nitrogen and oxygen atoms in total. The van der Waals surface area contributed by atoms with E-state index in [0.717, 1.165) is 12.5 Å². The molecular formula is C14H21F3N2O2. The lowest BCUT2D eigenvalue weighted by Gasteiger charge is -2.15. The third kappa shape index (κ3) is 6.68. The van der Waals surface area contributed by atoms with Gasteiger partial charge in [-0.05, 0) is 31.0 Å². The summed E-state index contributed by atoms with van der Waals surface area (Å²) in [5.74, 6) is 0. The highest BCUT2D eigenvalue weighted by Crippen LogP contribution is 2.35. The smallest absolute Gasteiger partial charge is 0.399 e. The highest BCUT2D eigenvalue weighted by molar-refractivity contribution is 5.59. The van der Waals surface area contributed by atoms with Gasteiger partial charge in [0.05, 0.1) is 18.8 Å². The molecular weight excluding hydrogens is 285 g/mol. The molecule has 7 heteroatoms. The molecule has 0 fully saturated rings. The standard InChI is InChI=1S/C14H21F3N2O2/c1-20-8-9-21-7-3-2-6-19-13-5-4-11(18)10-12(13)14(15,16)17/h4-5,10,19H,2-3,6-9,18H2,1H3. The van der Waals surface area contributed by atoms with Crippen LogP contribution in [0.3, 0.4) is 0 Å². The van der Waals surface area contributed by atoms with Crippen molar-refractivity contribution in [2.45, 2.75) is 19.0 Å². The third-order valence-electron chi connectivity index (χ3n) is 2.81. The van der Waals surface area contributed by atoms with Crippen LogP contribution in [0.1, 0.15) is 18.4 Å². The van der Waals surface area contributed by atoms with Crippen molar-refractivity contribution in [2.75, 3.05) is 44.5 Å². The van der Waals surface area contributed by atoms with E-state index in [1.165, 1.54) is 12.1 Å². The lowest BCUT2D eigenvalue weighted by Crippen LogP contribution is -2.12. The second-order valence-corrected chi connectivity index (χ2v) is 4.54. The summed E-state index contributed by atoms with van der Waals surface area (Å²) in [6.07, 6.45) is -2.93. The van der Waals surface area contributed by atoms with Gasteiger partial charge in [0.25, 0.3) is 0 Å². The SMILES string of the molecule is COCCOCCCCNc1ccc(N)cc1C(F)(F)F. The number of nitrogens with one attached hydrogen (secondary N) is 1. The molecule has 0 bridgehead atoms. The number of unbranched alkanes of at least 4 members (excludes halogenated alkanes) is 1. The summed E-state index contributed by atoms with van der Waals surface area (Å²) in [5, 5.41) is 2.79. The molecule has 0 aliphatic rings. The van der Waals surface area contributed by atoms with Crippen LogP contribution >= 0.6 is 0 Å². The first-order valence-corrected chi connectivity index (χ1v) is 6.72. The van der Waals surface area contributed by atoms with E-state index < -0.39 is 11.7 Å². The molecule has 0 aliphatic heterocycles. The zero-order valence-corrected chi connectivity index (χ0v) is 12.0. The molecule has 0 atom stereocenters. The second-order valence-electron chi connectivity index (χ2n) is 4.54. The number of nitrogens with two attached hydrogens (primary N) is 1. The van der Waals surface area contributed by atoms with Gasteiger partial charge in [0.1, 0.15) is 0 Å². The predicted octanol–water partition coefficient (Wildman–Crippen LogP) is 3.14. The van der Waals surface area contributed by atoms with Crippen LogP contribution < -0.4 is 11.1 Å². The molecule has 0 spiro atoms. The van der Waals surface area contributed by atoms with E-state index >= 15 is 0 Å². The van der Waals surface area contributed by atoms with Gasteiger partial charge in [-0.25, -0.2) is 0 Å². The van der Waals surface area contributed by atoms with E-state index in [0.29, 0.717) is 32.8 Å². The van der Waals surface area contributed by atoms with Crippen LogP contribution in [0.5, 0.6) is 0 Å². The predicted molar refractivity (Wildman–Crippen MR) is 76.3 cm³/mol. The van der Waals surface area contributed by atoms with E-state index in [1.807, 2.05) is 0 Å². The molecule has 21 heavy (non-hydrogen) atoms. The van der Waals surface area contributed by atoms with E-state index in [2.05, 4.69) is 5.32 Å². The van der Waals surface area contributed by atoms with Crippen LogP contribution in [0.4, 0.5) is 24.5 Å². The first-order valence-electron chi connectivity index (χ1n) is 6.72. The van der Waals surface area contributed by atoms with Crippen LogP contribution in [0, 0.1) is 0 Å². The number of nitrogen functional groups attached to an aromatic ring is 1. The molecule has 3 N–H and O–H groups in total. The minimum Gasteiger partial charge on any atom is -0.399 e. The highest BCUT2D eigenvalue weighted by atomic mass is 19.4. The number of rotatable bonds is 9. The fourth-order valence-electron chi connectivity index (χ4n) is 1.75. The van der Waals surface area contributed by atoms with Crippen LogP contribution in [-0.2, 0) is 15.7 Å². The molecule has 0 amide bonds. The number of hydrogen-bond donors (Lipinski definition) is 2. The quantitative estimate of drug-likeness (QED) is 0.543. The monoisotopic (exact) mass is 306 g/mol. The Kier molecular flexibility index (Phi) is 7.31. The number of methoxy groups -OCH3 is 1. The summed E-state index contributed by atoms with van der Waals surface area (Å²) < 4.78 is 48.6. The van der Waals surface area contributed by atoms with Gasteiger partial charge in [0.2, 0.25) is 0 Å². The number of hydrogen-bond acceptors (Lipinski definition) is 4. The summed E-state index contributed by atoms with van der Waals surface area (Å²) in [6, 6.07) is 3.74. The Morgan fingerprint density at radius 1 is 1.14 bits per heavy atom. The molecule has 0 heterocycles. The lowest BCUT2D eigenvalue weighted by molar-refractivity contribution is -0.136. The minimum atomic E-state index is -4.42. The number of halogens is 3.